The molecule has 1 radical (unpaired) electrons. The van der Waals surface area contributed by atoms with E-state index in [4.69, 9.17) is 4.74 Å². The van der Waals surface area contributed by atoms with Crippen molar-refractivity contribution in [3.05, 3.63) is 6.42 Å². The molecule has 2 aliphatic rings. The summed E-state index contributed by atoms with van der Waals surface area (Å²) < 4.78 is 5.30. The maximum atomic E-state index is 12.5. The molecule has 1 atom stereocenters. The van der Waals surface area contributed by atoms with Gasteiger partial charge < -0.3 is 20.9 Å². The van der Waals surface area contributed by atoms with E-state index >= 15 is 0 Å². The van der Waals surface area contributed by atoms with Crippen molar-refractivity contribution in [2.75, 3.05) is 26.3 Å². The minimum atomic E-state index is -0.0883. The monoisotopic (exact) mass is 397 g/mol. The molecule has 0 spiro atoms. The van der Waals surface area contributed by atoms with Gasteiger partial charge >= 0.3 is 0 Å². The average Bonchev–Trinajstić information content (AvgIpc) is 2.56. The van der Waals surface area contributed by atoms with Gasteiger partial charge in [0, 0.05) is 58.1 Å². The normalized spacial score (nSPS) is 20.7. The van der Waals surface area contributed by atoms with Gasteiger partial charge in [0.15, 0.2) is 0 Å². The van der Waals surface area contributed by atoms with Crippen LogP contribution in [-0.4, -0.2) is 42.9 Å². The predicted molar refractivity (Wildman–Crippen MR) is 86.3 cm³/mol. The van der Waals surface area contributed by atoms with Gasteiger partial charge in [-0.05, 0) is 12.3 Å². The molecule has 23 heavy (non-hydrogen) atoms. The fourth-order valence-corrected chi connectivity index (χ4v) is 3.67. The molecule has 1 aliphatic carbocycles. The van der Waals surface area contributed by atoms with Gasteiger partial charge in [-0.2, -0.15) is 6.92 Å². The first-order valence-electron chi connectivity index (χ1n) is 8.86. The maximum Gasteiger partial charge on any atom is 0.223 e. The van der Waals surface area contributed by atoms with Crippen molar-refractivity contribution in [2.45, 2.75) is 58.3 Å². The standard InChI is InChI=1S/C18H30NO3.Y/c1-2-6-17(20)16(13-15-7-4-3-5-8-15)14-18(21)19-9-11-22-12-10-19;/h2,15-16H,3-14H2,1H3;/q-1;/t16-;/m1./s1. The van der Waals surface area contributed by atoms with Crippen LogP contribution >= 0.6 is 0 Å². The summed E-state index contributed by atoms with van der Waals surface area (Å²) in [5, 5.41) is 0. The molecule has 1 saturated heterocycles. The minimum absolute atomic E-state index is 0. The van der Waals surface area contributed by atoms with Gasteiger partial charge in [-0.1, -0.05) is 32.1 Å². The summed E-state index contributed by atoms with van der Waals surface area (Å²) in [4.78, 5) is 26.7. The van der Waals surface area contributed by atoms with E-state index in [9.17, 15) is 9.59 Å². The number of carbonyl (C=O) groups is 2. The molecule has 5 heteroatoms. The van der Waals surface area contributed by atoms with Crippen molar-refractivity contribution in [2.24, 2.45) is 11.8 Å². The Bertz CT molecular complexity index is 363. The Morgan fingerprint density at radius 3 is 2.43 bits per heavy atom. The van der Waals surface area contributed by atoms with Crippen molar-refractivity contribution >= 4 is 11.7 Å². The zero-order valence-electron chi connectivity index (χ0n) is 14.5. The first-order valence-corrected chi connectivity index (χ1v) is 8.86. The zero-order valence-corrected chi connectivity index (χ0v) is 17.3. The Kier molecular flexibility index (Phi) is 10.8. The predicted octanol–water partition coefficient (Wildman–Crippen LogP) is 3.00. The third kappa shape index (κ3) is 7.31. The van der Waals surface area contributed by atoms with E-state index < -0.39 is 0 Å². The van der Waals surface area contributed by atoms with Crippen molar-refractivity contribution in [3.8, 4) is 0 Å². The van der Waals surface area contributed by atoms with Gasteiger partial charge in [0.1, 0.15) is 5.78 Å². The Morgan fingerprint density at radius 1 is 1.17 bits per heavy atom. The fraction of sp³-hybridized carbons (Fsp3) is 0.833. The topological polar surface area (TPSA) is 46.6 Å². The summed E-state index contributed by atoms with van der Waals surface area (Å²) >= 11 is 0. The number of carbonyl (C=O) groups excluding carboxylic acids is 2. The second-order valence-corrected chi connectivity index (χ2v) is 6.71. The summed E-state index contributed by atoms with van der Waals surface area (Å²) in [7, 11) is 0. The number of hydrogen-bond acceptors (Lipinski definition) is 3. The second-order valence-electron chi connectivity index (χ2n) is 6.71. The summed E-state index contributed by atoms with van der Waals surface area (Å²) in [6, 6.07) is 0. The third-order valence-electron chi connectivity index (χ3n) is 4.99. The number of hydrogen-bond donors (Lipinski definition) is 0. The van der Waals surface area contributed by atoms with Crippen molar-refractivity contribution in [1.29, 1.82) is 0 Å². The Labute approximate surface area is 166 Å². The Hall–Kier alpha value is 0.204. The van der Waals surface area contributed by atoms with Crippen LogP contribution in [0.4, 0.5) is 0 Å². The van der Waals surface area contributed by atoms with Crippen LogP contribution in [0.25, 0.3) is 0 Å². The van der Waals surface area contributed by atoms with Crippen LogP contribution in [0.5, 0.6) is 0 Å². The van der Waals surface area contributed by atoms with Gasteiger partial charge in [0.25, 0.3) is 0 Å². The van der Waals surface area contributed by atoms with Crippen LogP contribution in [0.1, 0.15) is 58.3 Å². The van der Waals surface area contributed by atoms with E-state index in [1.54, 1.807) is 0 Å². The van der Waals surface area contributed by atoms with Gasteiger partial charge in [-0.3, -0.25) is 4.79 Å². The van der Waals surface area contributed by atoms with Crippen LogP contribution in [0, 0.1) is 18.3 Å². The van der Waals surface area contributed by atoms with E-state index in [1.165, 1.54) is 32.1 Å². The number of ketones is 1. The number of ether oxygens (including phenoxy) is 1. The fourth-order valence-electron chi connectivity index (χ4n) is 3.67. The molecule has 1 aliphatic heterocycles. The number of rotatable bonds is 7. The molecular formula is C18H30NO3Y-. The van der Waals surface area contributed by atoms with Gasteiger partial charge in [-0.25, -0.2) is 0 Å². The van der Waals surface area contributed by atoms with E-state index in [0.29, 0.717) is 45.1 Å². The molecule has 1 heterocycles. The molecule has 1 saturated carbocycles. The zero-order chi connectivity index (χ0) is 15.8. The van der Waals surface area contributed by atoms with E-state index in [2.05, 4.69) is 0 Å². The molecule has 2 rings (SSSR count). The smallest absolute Gasteiger partial charge is 0.223 e. The maximum absolute atomic E-state index is 12.5. The third-order valence-corrected chi connectivity index (χ3v) is 4.99. The van der Waals surface area contributed by atoms with E-state index in [-0.39, 0.29) is 50.3 Å². The van der Waals surface area contributed by atoms with Crippen LogP contribution in [0.3, 0.4) is 0 Å². The second kappa shape index (κ2) is 11.7. The molecule has 0 aromatic heterocycles. The average molecular weight is 397 g/mol. The minimum Gasteiger partial charge on any atom is -0.378 e. The van der Waals surface area contributed by atoms with Crippen molar-refractivity contribution < 1.29 is 47.0 Å². The summed E-state index contributed by atoms with van der Waals surface area (Å²) in [6.07, 6.45) is 10.0. The SMILES string of the molecule is C[CH-]CC(=O)[C@@H](CC(=O)N1CCOCC1)CC1CCCCC1.[Y]. The van der Waals surface area contributed by atoms with Gasteiger partial charge in [-0.15, -0.1) is 6.42 Å². The van der Waals surface area contributed by atoms with Crippen LogP contribution in [-0.2, 0) is 47.0 Å². The van der Waals surface area contributed by atoms with Gasteiger partial charge in [0.05, 0.1) is 13.2 Å². The number of Topliss-reactive ketones (excluding diaryl/α,β-unsaturated/α-hetero) is 1. The summed E-state index contributed by atoms with van der Waals surface area (Å²) in [6.45, 7) is 4.50. The number of amides is 1. The number of morpholine rings is 1. The van der Waals surface area contributed by atoms with Crippen molar-refractivity contribution in [3.63, 3.8) is 0 Å². The van der Waals surface area contributed by atoms with E-state index in [0.717, 1.165) is 6.42 Å². The molecule has 0 aromatic rings. The first-order chi connectivity index (χ1) is 10.7. The molecule has 2 fully saturated rings. The molecule has 0 unspecified atom stereocenters. The quantitative estimate of drug-likeness (QED) is 0.621. The molecule has 0 N–H and O–H groups in total. The molecule has 0 aromatic carbocycles. The van der Waals surface area contributed by atoms with Gasteiger partial charge in [0.2, 0.25) is 5.91 Å². The Balaban J connectivity index is 0.00000264. The van der Waals surface area contributed by atoms with Crippen LogP contribution < -0.4 is 0 Å². The Morgan fingerprint density at radius 2 is 1.83 bits per heavy atom. The summed E-state index contributed by atoms with van der Waals surface area (Å²) in [5.74, 6) is 0.926. The first kappa shape index (κ1) is 21.2. The molecule has 1 amide bonds. The number of nitrogens with zero attached hydrogens (tertiary/aromatic N) is 1. The molecule has 0 bridgehead atoms. The molecule has 4 nitrogen and oxygen atoms in total. The van der Waals surface area contributed by atoms with Crippen LogP contribution in [0.2, 0.25) is 0 Å². The van der Waals surface area contributed by atoms with E-state index in [1.807, 2.05) is 18.2 Å². The summed E-state index contributed by atoms with van der Waals surface area (Å²) in [5.41, 5.74) is 0. The largest absolute Gasteiger partial charge is 0.378 e. The van der Waals surface area contributed by atoms with Crippen LogP contribution in [0.15, 0.2) is 0 Å². The van der Waals surface area contributed by atoms with Crippen molar-refractivity contribution in [1.82, 2.24) is 4.90 Å². The molecule has 129 valence electrons. The molecular weight excluding hydrogens is 367 g/mol.